The maximum absolute atomic E-state index is 6.86. The molecule has 0 N–H and O–H groups in total. The summed E-state index contributed by atoms with van der Waals surface area (Å²) in [4.78, 5) is 15.0. The maximum Gasteiger partial charge on any atom is 2.00 e. The Morgan fingerprint density at radius 3 is 2.52 bits per heavy atom. The van der Waals surface area contributed by atoms with Gasteiger partial charge in [-0.1, -0.05) is 107 Å². The van der Waals surface area contributed by atoms with Gasteiger partial charge >= 0.3 is 21.1 Å². The van der Waals surface area contributed by atoms with Crippen molar-refractivity contribution in [2.24, 2.45) is 4.99 Å². The number of hydrogen-bond donors (Lipinski definition) is 0. The zero-order chi connectivity index (χ0) is 36.4. The minimum absolute atomic E-state index is 0. The van der Waals surface area contributed by atoms with Crippen LogP contribution in [0.4, 0.5) is 0 Å². The Hall–Kier alpha value is -4.51. The molecule has 0 spiro atoms. The summed E-state index contributed by atoms with van der Waals surface area (Å²) in [6.07, 6.45) is 4.75. The minimum atomic E-state index is -0.242. The van der Waals surface area contributed by atoms with Crippen LogP contribution in [0.2, 0.25) is 0 Å². The van der Waals surface area contributed by atoms with Gasteiger partial charge in [0.2, 0.25) is 0 Å². The second-order valence-electron chi connectivity index (χ2n) is 16.4. The molecule has 10 rings (SSSR count). The topological polar surface area (TPSA) is 52.3 Å². The number of rotatable bonds is 4. The van der Waals surface area contributed by atoms with E-state index in [1.54, 1.807) is 0 Å². The van der Waals surface area contributed by atoms with Crippen LogP contribution in [-0.4, -0.2) is 25.6 Å². The van der Waals surface area contributed by atoms with Crippen molar-refractivity contribution in [2.75, 3.05) is 0 Å². The monoisotopic (exact) mass is 903 g/mol. The number of aliphatic imine (C=N–C) groups is 1. The summed E-state index contributed by atoms with van der Waals surface area (Å²) in [5.74, 6) is 1.29. The minimum Gasteiger partial charge on any atom is -0.503 e. The molecule has 2 atom stereocenters. The first-order valence-electron chi connectivity index (χ1n) is 18.5. The van der Waals surface area contributed by atoms with Gasteiger partial charge < -0.3 is 14.3 Å². The van der Waals surface area contributed by atoms with Crippen molar-refractivity contribution in [3.63, 3.8) is 0 Å². The molecule has 3 aromatic heterocycles. The van der Waals surface area contributed by atoms with Crippen LogP contribution in [0.25, 0.3) is 38.9 Å². The van der Waals surface area contributed by atoms with E-state index in [4.69, 9.17) is 19.7 Å². The summed E-state index contributed by atoms with van der Waals surface area (Å²) >= 11 is 1.86. The van der Waals surface area contributed by atoms with Gasteiger partial charge in [-0.2, -0.15) is 6.07 Å². The summed E-state index contributed by atoms with van der Waals surface area (Å²) in [5.41, 5.74) is 14.7. The van der Waals surface area contributed by atoms with Crippen LogP contribution >= 0.6 is 11.8 Å². The standard InChI is InChI=1S/C47H40N4OS.Pt/c1-26-18-34-31-12-10-15-36-42(31)51(44(34)49-25-26)40-24-41(27(2)19-37(40)47(36,6)7)52-30-21-28(38-16-8-9-17-48-38)20-29(22-30)45-50-39-23-33-32(43(39)53-45)13-11-14-35(33)46(3,4)5;/h8-21,25,39,43H,23H2,1-7H3;/q-2;+2/t39-,43+;/m1./s1. The van der Waals surface area contributed by atoms with E-state index in [2.05, 4.69) is 120 Å². The van der Waals surface area contributed by atoms with Gasteiger partial charge in [0.05, 0.1) is 17.3 Å². The molecule has 7 heteroatoms. The Balaban J connectivity index is 0.00000384. The molecule has 4 aromatic carbocycles. The molecule has 0 bridgehead atoms. The Morgan fingerprint density at radius 2 is 1.72 bits per heavy atom. The number of fused-ring (bicyclic) bond motifs is 8. The van der Waals surface area contributed by atoms with Crippen molar-refractivity contribution in [3.05, 3.63) is 148 Å². The van der Waals surface area contributed by atoms with Gasteiger partial charge in [-0.25, -0.2) is 4.98 Å². The molecule has 0 unspecified atom stereocenters. The van der Waals surface area contributed by atoms with Gasteiger partial charge in [0.15, 0.2) is 0 Å². The Kier molecular flexibility index (Phi) is 8.16. The van der Waals surface area contributed by atoms with E-state index >= 15 is 0 Å². The largest absolute Gasteiger partial charge is 2.00 e. The molecule has 0 saturated heterocycles. The van der Waals surface area contributed by atoms with E-state index in [0.717, 1.165) is 56.1 Å². The summed E-state index contributed by atoms with van der Waals surface area (Å²) in [6.45, 7) is 15.7. The van der Waals surface area contributed by atoms with E-state index in [-0.39, 0.29) is 37.9 Å². The number of benzene rings is 4. The van der Waals surface area contributed by atoms with Crippen LogP contribution < -0.4 is 4.74 Å². The third-order valence-corrected chi connectivity index (χ3v) is 12.8. The third-order valence-electron chi connectivity index (χ3n) is 11.4. The van der Waals surface area contributed by atoms with Crippen molar-refractivity contribution in [1.82, 2.24) is 14.5 Å². The van der Waals surface area contributed by atoms with Gasteiger partial charge in [-0.3, -0.25) is 4.98 Å². The van der Waals surface area contributed by atoms with Gasteiger partial charge in [0.25, 0.3) is 0 Å². The van der Waals surface area contributed by atoms with Gasteiger partial charge in [0.1, 0.15) is 5.65 Å². The second-order valence-corrected chi connectivity index (χ2v) is 17.6. The predicted octanol–water partition coefficient (Wildman–Crippen LogP) is 11.3. The molecule has 1 aliphatic carbocycles. The third kappa shape index (κ3) is 5.35. The van der Waals surface area contributed by atoms with Gasteiger partial charge in [-0.05, 0) is 70.2 Å². The molecule has 5 heterocycles. The number of para-hydroxylation sites is 1. The predicted molar refractivity (Wildman–Crippen MR) is 217 cm³/mol. The number of aromatic nitrogens is 3. The molecule has 3 aliphatic rings. The SMILES string of the molecule is Cc1cnc2c(c1)c1cccc3c1n2-c1[c-]c(Oc2[c-]c(C4=N[C@@H]5Cc6c(cccc6C(C)(C)C)[C@@H]5S4)cc(-c4ccccn4)c2)c(C)cc1C3(C)C.[Pt+2]. The fourth-order valence-electron chi connectivity index (χ4n) is 8.82. The fourth-order valence-corrected chi connectivity index (χ4v) is 10.2. The van der Waals surface area contributed by atoms with Crippen LogP contribution in [0.5, 0.6) is 11.5 Å². The first-order valence-corrected chi connectivity index (χ1v) is 19.4. The second kappa shape index (κ2) is 12.5. The molecular formula is C47H40N4OPtS. The van der Waals surface area contributed by atoms with Crippen molar-refractivity contribution in [2.45, 2.75) is 77.0 Å². The number of aryl methyl sites for hydroxylation is 2. The van der Waals surface area contributed by atoms with Crippen molar-refractivity contribution >= 4 is 38.7 Å². The molecule has 54 heavy (non-hydrogen) atoms. The summed E-state index contributed by atoms with van der Waals surface area (Å²) < 4.78 is 9.15. The number of pyridine rings is 2. The van der Waals surface area contributed by atoms with E-state index in [0.29, 0.717) is 16.7 Å². The molecule has 0 saturated carbocycles. The average molecular weight is 904 g/mol. The van der Waals surface area contributed by atoms with Gasteiger partial charge in [0, 0.05) is 45.0 Å². The number of thioether (sulfide) groups is 1. The summed E-state index contributed by atoms with van der Waals surface area (Å²) in [6, 6.07) is 35.8. The number of hydrogen-bond acceptors (Lipinski definition) is 5. The van der Waals surface area contributed by atoms with E-state index in [9.17, 15) is 0 Å². The van der Waals surface area contributed by atoms with Crippen molar-refractivity contribution < 1.29 is 25.8 Å². The zero-order valence-corrected chi connectivity index (χ0v) is 34.5. The van der Waals surface area contributed by atoms with Crippen LogP contribution in [0.15, 0.2) is 96.2 Å². The molecule has 0 amide bonds. The summed E-state index contributed by atoms with van der Waals surface area (Å²) in [7, 11) is 0. The normalized spacial score (nSPS) is 17.9. The van der Waals surface area contributed by atoms with Crippen molar-refractivity contribution in [1.29, 1.82) is 0 Å². The molecule has 5 nitrogen and oxygen atoms in total. The molecular weight excluding hydrogens is 864 g/mol. The number of nitrogens with zero attached hydrogens (tertiary/aromatic N) is 4. The molecule has 270 valence electrons. The van der Waals surface area contributed by atoms with E-state index < -0.39 is 0 Å². The Bertz CT molecular complexity index is 2710. The van der Waals surface area contributed by atoms with Crippen LogP contribution in [0.3, 0.4) is 0 Å². The van der Waals surface area contributed by atoms with Crippen LogP contribution in [0.1, 0.15) is 84.4 Å². The molecule has 0 radical (unpaired) electrons. The first-order chi connectivity index (χ1) is 25.5. The number of ether oxygens (including phenoxy) is 1. The average Bonchev–Trinajstić information content (AvgIpc) is 3.81. The molecule has 7 aromatic rings. The van der Waals surface area contributed by atoms with Crippen LogP contribution in [0, 0.1) is 26.0 Å². The molecule has 2 aliphatic heterocycles. The van der Waals surface area contributed by atoms with E-state index in [1.165, 1.54) is 38.7 Å². The smallest absolute Gasteiger partial charge is 0.503 e. The van der Waals surface area contributed by atoms with Crippen molar-refractivity contribution in [3.8, 4) is 28.4 Å². The quantitative estimate of drug-likeness (QED) is 0.165. The maximum atomic E-state index is 6.86. The first kappa shape index (κ1) is 35.2. The fraction of sp³-hybridized carbons (Fsp3) is 0.255. The Morgan fingerprint density at radius 1 is 0.889 bits per heavy atom. The summed E-state index contributed by atoms with van der Waals surface area (Å²) in [5, 5.41) is 3.66. The van der Waals surface area contributed by atoms with Gasteiger partial charge in [-0.15, -0.1) is 40.6 Å². The Labute approximate surface area is 335 Å². The van der Waals surface area contributed by atoms with E-state index in [1.807, 2.05) is 48.4 Å². The molecule has 0 fully saturated rings. The zero-order valence-electron chi connectivity index (χ0n) is 31.4. The van der Waals surface area contributed by atoms with Crippen LogP contribution in [-0.2, 0) is 38.3 Å².